The topological polar surface area (TPSA) is 52.4 Å². The normalized spacial score (nSPS) is 10.4. The Morgan fingerprint density at radius 2 is 2.05 bits per heavy atom. The van der Waals surface area contributed by atoms with E-state index in [9.17, 15) is 14.5 Å². The van der Waals surface area contributed by atoms with Crippen molar-refractivity contribution in [3.8, 4) is 5.75 Å². The third kappa shape index (κ3) is 3.62. The maximum atomic E-state index is 13.5. The summed E-state index contributed by atoms with van der Waals surface area (Å²) in [7, 11) is 0. The van der Waals surface area contributed by atoms with Gasteiger partial charge in [-0.1, -0.05) is 23.7 Å². The molecule has 0 spiro atoms. The second kappa shape index (κ2) is 6.74. The first-order valence-corrected chi connectivity index (χ1v) is 6.83. The van der Waals surface area contributed by atoms with Crippen LogP contribution in [0.15, 0.2) is 36.4 Å². The molecular formula is C14H10Cl2FNO3. The first-order valence-electron chi connectivity index (χ1n) is 5.92. The second-order valence-electron chi connectivity index (χ2n) is 4.19. The second-order valence-corrected chi connectivity index (χ2v) is 4.87. The fourth-order valence-corrected chi connectivity index (χ4v) is 2.22. The highest BCUT2D eigenvalue weighted by atomic mass is 35.5. The molecule has 0 aromatic heterocycles. The molecule has 0 atom stereocenters. The van der Waals surface area contributed by atoms with Crippen molar-refractivity contribution in [3.63, 3.8) is 0 Å². The molecule has 0 aliphatic carbocycles. The molecule has 2 aromatic carbocycles. The summed E-state index contributed by atoms with van der Waals surface area (Å²) in [5.74, 6) is -0.254. The Balaban J connectivity index is 2.17. The highest BCUT2D eigenvalue weighted by Crippen LogP contribution is 2.30. The Bertz CT molecular complexity index is 679. The zero-order chi connectivity index (χ0) is 15.4. The molecule has 0 saturated heterocycles. The van der Waals surface area contributed by atoms with E-state index in [1.807, 2.05) is 0 Å². The number of hydrogen-bond donors (Lipinski definition) is 0. The quantitative estimate of drug-likeness (QED) is 0.453. The van der Waals surface area contributed by atoms with Gasteiger partial charge in [0.25, 0.3) is 0 Å². The van der Waals surface area contributed by atoms with Gasteiger partial charge in [0.1, 0.15) is 12.4 Å². The molecule has 0 amide bonds. The molecular weight excluding hydrogens is 320 g/mol. The zero-order valence-corrected chi connectivity index (χ0v) is 12.2. The Kier molecular flexibility index (Phi) is 4.98. The average Bonchev–Trinajstić information content (AvgIpc) is 2.45. The van der Waals surface area contributed by atoms with Crippen LogP contribution in [0.4, 0.5) is 10.1 Å². The predicted molar refractivity (Wildman–Crippen MR) is 78.4 cm³/mol. The van der Waals surface area contributed by atoms with Gasteiger partial charge in [-0.2, -0.15) is 4.39 Å². The molecule has 0 N–H and O–H groups in total. The van der Waals surface area contributed by atoms with Crippen LogP contribution < -0.4 is 4.74 Å². The molecule has 0 aliphatic heterocycles. The molecule has 21 heavy (non-hydrogen) atoms. The highest BCUT2D eigenvalue weighted by molar-refractivity contribution is 6.32. The highest BCUT2D eigenvalue weighted by Gasteiger charge is 2.14. The van der Waals surface area contributed by atoms with Gasteiger partial charge in [-0.15, -0.1) is 11.6 Å². The van der Waals surface area contributed by atoms with Crippen LogP contribution in [-0.2, 0) is 12.5 Å². The van der Waals surface area contributed by atoms with Crippen LogP contribution in [-0.4, -0.2) is 4.92 Å². The number of nitro benzene ring substituents is 1. The van der Waals surface area contributed by atoms with Crippen LogP contribution in [0.2, 0.25) is 5.02 Å². The molecule has 4 nitrogen and oxygen atoms in total. The Hall–Kier alpha value is -1.85. The van der Waals surface area contributed by atoms with Crippen LogP contribution in [0.25, 0.3) is 0 Å². The summed E-state index contributed by atoms with van der Waals surface area (Å²) in [5.41, 5.74) is 0.600. The van der Waals surface area contributed by atoms with Crippen molar-refractivity contribution in [2.45, 2.75) is 12.5 Å². The molecule has 2 rings (SSSR count). The van der Waals surface area contributed by atoms with Crippen molar-refractivity contribution >= 4 is 28.9 Å². The molecule has 0 fully saturated rings. The number of ether oxygens (including phenoxy) is 1. The molecule has 0 heterocycles. The minimum Gasteiger partial charge on any atom is -0.487 e. The third-order valence-electron chi connectivity index (χ3n) is 2.78. The van der Waals surface area contributed by atoms with Gasteiger partial charge in [0.15, 0.2) is 0 Å². The molecule has 0 bridgehead atoms. The van der Waals surface area contributed by atoms with Crippen molar-refractivity contribution in [1.82, 2.24) is 0 Å². The van der Waals surface area contributed by atoms with E-state index in [0.29, 0.717) is 21.9 Å². The van der Waals surface area contributed by atoms with Crippen LogP contribution in [0.1, 0.15) is 11.1 Å². The van der Waals surface area contributed by atoms with E-state index in [2.05, 4.69) is 0 Å². The predicted octanol–water partition coefficient (Wildman–Crippen LogP) is 4.71. The van der Waals surface area contributed by atoms with Gasteiger partial charge in [-0.3, -0.25) is 10.1 Å². The Labute approximate surface area is 130 Å². The average molecular weight is 330 g/mol. The van der Waals surface area contributed by atoms with Crippen molar-refractivity contribution in [3.05, 3.63) is 68.5 Å². The van der Waals surface area contributed by atoms with E-state index in [1.165, 1.54) is 6.07 Å². The van der Waals surface area contributed by atoms with Gasteiger partial charge < -0.3 is 4.74 Å². The van der Waals surface area contributed by atoms with E-state index in [0.717, 1.165) is 12.1 Å². The largest absolute Gasteiger partial charge is 0.487 e. The maximum absolute atomic E-state index is 13.5. The number of nitrogens with zero attached hydrogens (tertiary/aromatic N) is 1. The summed E-state index contributed by atoms with van der Waals surface area (Å²) in [4.78, 5) is 9.76. The monoisotopic (exact) mass is 329 g/mol. The number of alkyl halides is 1. The van der Waals surface area contributed by atoms with Crippen LogP contribution >= 0.6 is 23.2 Å². The SMILES string of the molecule is O=[N+]([O-])c1ccc(COc2c(Cl)cccc2CCl)cc1F. The van der Waals surface area contributed by atoms with Crippen LogP contribution in [0.3, 0.4) is 0 Å². The van der Waals surface area contributed by atoms with Gasteiger partial charge in [0.05, 0.1) is 15.8 Å². The summed E-state index contributed by atoms with van der Waals surface area (Å²) >= 11 is 11.8. The summed E-state index contributed by atoms with van der Waals surface area (Å²) in [5, 5.41) is 10.9. The first kappa shape index (κ1) is 15.5. The number of rotatable bonds is 5. The number of benzene rings is 2. The lowest BCUT2D eigenvalue weighted by molar-refractivity contribution is -0.387. The smallest absolute Gasteiger partial charge is 0.304 e. The molecule has 110 valence electrons. The van der Waals surface area contributed by atoms with Crippen molar-refractivity contribution in [2.24, 2.45) is 0 Å². The fourth-order valence-electron chi connectivity index (χ4n) is 1.76. The van der Waals surface area contributed by atoms with E-state index in [4.69, 9.17) is 27.9 Å². The van der Waals surface area contributed by atoms with Gasteiger partial charge in [-0.25, -0.2) is 0 Å². The summed E-state index contributed by atoms with van der Waals surface area (Å²) < 4.78 is 19.1. The van der Waals surface area contributed by atoms with Crippen LogP contribution in [0.5, 0.6) is 5.75 Å². The van der Waals surface area contributed by atoms with Gasteiger partial charge >= 0.3 is 5.69 Å². The van der Waals surface area contributed by atoms with Crippen molar-refractivity contribution in [1.29, 1.82) is 0 Å². The van der Waals surface area contributed by atoms with E-state index in [1.54, 1.807) is 18.2 Å². The Morgan fingerprint density at radius 1 is 1.29 bits per heavy atom. The maximum Gasteiger partial charge on any atom is 0.304 e. The van der Waals surface area contributed by atoms with Gasteiger partial charge in [0, 0.05) is 11.6 Å². The molecule has 0 aliphatic rings. The third-order valence-corrected chi connectivity index (χ3v) is 3.37. The van der Waals surface area contributed by atoms with E-state index < -0.39 is 16.4 Å². The molecule has 0 unspecified atom stereocenters. The minimum absolute atomic E-state index is 0.0303. The summed E-state index contributed by atoms with van der Waals surface area (Å²) in [6.07, 6.45) is 0. The number of nitro groups is 1. The Morgan fingerprint density at radius 3 is 2.67 bits per heavy atom. The summed E-state index contributed by atoms with van der Waals surface area (Å²) in [6, 6.07) is 8.77. The van der Waals surface area contributed by atoms with Gasteiger partial charge in [-0.05, 0) is 23.8 Å². The van der Waals surface area contributed by atoms with E-state index in [-0.39, 0.29) is 12.5 Å². The van der Waals surface area contributed by atoms with Crippen molar-refractivity contribution < 1.29 is 14.1 Å². The number of para-hydroxylation sites is 1. The standard InChI is InChI=1S/C14H10Cl2FNO3/c15-7-10-2-1-3-11(16)14(10)21-8-9-4-5-13(18(19)20)12(17)6-9/h1-6H,7-8H2. The molecule has 2 aromatic rings. The zero-order valence-electron chi connectivity index (χ0n) is 10.7. The number of halogens is 3. The fraction of sp³-hybridized carbons (Fsp3) is 0.143. The molecule has 7 heteroatoms. The molecule has 0 saturated carbocycles. The molecule has 0 radical (unpaired) electrons. The van der Waals surface area contributed by atoms with Gasteiger partial charge in [0.2, 0.25) is 5.82 Å². The minimum atomic E-state index is -0.905. The lowest BCUT2D eigenvalue weighted by Crippen LogP contribution is -2.00. The van der Waals surface area contributed by atoms with Crippen LogP contribution in [0, 0.1) is 15.9 Å². The lowest BCUT2D eigenvalue weighted by Gasteiger charge is -2.11. The van der Waals surface area contributed by atoms with Crippen molar-refractivity contribution in [2.75, 3.05) is 0 Å². The first-order chi connectivity index (χ1) is 10.0. The summed E-state index contributed by atoms with van der Waals surface area (Å²) in [6.45, 7) is 0.0303. The lowest BCUT2D eigenvalue weighted by atomic mass is 10.2. The van der Waals surface area contributed by atoms with E-state index >= 15 is 0 Å². The number of hydrogen-bond acceptors (Lipinski definition) is 3.